The molecule has 0 aromatic heterocycles. The number of nitrogens with one attached hydrogen (secondary N) is 1. The van der Waals surface area contributed by atoms with E-state index < -0.39 is 0 Å². The maximum atomic E-state index is 12.1. The Hall–Kier alpha value is -1.35. The molecule has 1 aromatic carbocycles. The SMILES string of the molecule is CCC(C)NCCC(=O)N(CC)Cc1ccccc1. The molecule has 3 nitrogen and oxygen atoms in total. The Balaban J connectivity index is 2.39. The molecule has 106 valence electrons. The molecule has 3 heteroatoms. The summed E-state index contributed by atoms with van der Waals surface area (Å²) in [7, 11) is 0. The molecule has 0 spiro atoms. The molecule has 0 saturated carbocycles. The summed E-state index contributed by atoms with van der Waals surface area (Å²) in [6.45, 7) is 8.55. The number of rotatable bonds is 8. The van der Waals surface area contributed by atoms with Crippen molar-refractivity contribution in [1.29, 1.82) is 0 Å². The van der Waals surface area contributed by atoms with Gasteiger partial charge in [0.25, 0.3) is 0 Å². The zero-order valence-corrected chi connectivity index (χ0v) is 12.4. The first-order chi connectivity index (χ1) is 9.17. The molecule has 0 aliphatic heterocycles. The maximum absolute atomic E-state index is 12.1. The second kappa shape index (κ2) is 8.70. The molecule has 0 heterocycles. The van der Waals surface area contributed by atoms with Gasteiger partial charge in [-0.1, -0.05) is 37.3 Å². The third-order valence-corrected chi connectivity index (χ3v) is 3.39. The van der Waals surface area contributed by atoms with Gasteiger partial charge < -0.3 is 10.2 Å². The van der Waals surface area contributed by atoms with Gasteiger partial charge in [-0.15, -0.1) is 0 Å². The topological polar surface area (TPSA) is 32.3 Å². The molecule has 1 aromatic rings. The standard InChI is InChI=1S/C16H26N2O/c1-4-14(3)17-12-11-16(19)18(5-2)13-15-9-7-6-8-10-15/h6-10,14,17H,4-5,11-13H2,1-3H3. The fourth-order valence-electron chi connectivity index (χ4n) is 1.91. The predicted molar refractivity (Wildman–Crippen MR) is 79.9 cm³/mol. The molecule has 0 aliphatic carbocycles. The summed E-state index contributed by atoms with van der Waals surface area (Å²) in [5.74, 6) is 0.224. The van der Waals surface area contributed by atoms with E-state index in [0.717, 1.165) is 19.5 Å². The van der Waals surface area contributed by atoms with Crippen LogP contribution in [0.25, 0.3) is 0 Å². The van der Waals surface area contributed by atoms with Gasteiger partial charge in [0.15, 0.2) is 0 Å². The van der Waals surface area contributed by atoms with Gasteiger partial charge in [-0.05, 0) is 25.8 Å². The van der Waals surface area contributed by atoms with Crippen molar-refractivity contribution in [2.75, 3.05) is 13.1 Å². The highest BCUT2D eigenvalue weighted by molar-refractivity contribution is 5.76. The van der Waals surface area contributed by atoms with Crippen LogP contribution in [-0.4, -0.2) is 29.9 Å². The molecule has 0 saturated heterocycles. The molecule has 1 amide bonds. The highest BCUT2D eigenvalue weighted by atomic mass is 16.2. The first-order valence-corrected chi connectivity index (χ1v) is 7.22. The number of carbonyl (C=O) groups is 1. The third kappa shape index (κ3) is 5.88. The van der Waals surface area contributed by atoms with Gasteiger partial charge >= 0.3 is 0 Å². The summed E-state index contributed by atoms with van der Waals surface area (Å²) >= 11 is 0. The molecular formula is C16H26N2O. The van der Waals surface area contributed by atoms with Crippen molar-refractivity contribution in [3.8, 4) is 0 Å². The van der Waals surface area contributed by atoms with Crippen molar-refractivity contribution in [1.82, 2.24) is 10.2 Å². The Bertz CT molecular complexity index is 364. The molecule has 0 bridgehead atoms. The van der Waals surface area contributed by atoms with Gasteiger partial charge in [-0.25, -0.2) is 0 Å². The number of benzene rings is 1. The molecule has 1 rings (SSSR count). The zero-order chi connectivity index (χ0) is 14.1. The van der Waals surface area contributed by atoms with E-state index in [0.29, 0.717) is 19.0 Å². The highest BCUT2D eigenvalue weighted by Crippen LogP contribution is 2.05. The van der Waals surface area contributed by atoms with Crippen LogP contribution in [0.15, 0.2) is 30.3 Å². The fourth-order valence-corrected chi connectivity index (χ4v) is 1.91. The molecule has 1 atom stereocenters. The van der Waals surface area contributed by atoms with Crippen LogP contribution in [0.3, 0.4) is 0 Å². The van der Waals surface area contributed by atoms with Crippen molar-refractivity contribution >= 4 is 5.91 Å². The minimum atomic E-state index is 0.224. The van der Waals surface area contributed by atoms with Crippen LogP contribution < -0.4 is 5.32 Å². The lowest BCUT2D eigenvalue weighted by Gasteiger charge is -2.21. The summed E-state index contributed by atoms with van der Waals surface area (Å²) in [4.78, 5) is 14.0. The summed E-state index contributed by atoms with van der Waals surface area (Å²) < 4.78 is 0. The summed E-state index contributed by atoms with van der Waals surface area (Å²) in [5, 5.41) is 3.36. The number of amides is 1. The number of hydrogen-bond donors (Lipinski definition) is 1. The van der Waals surface area contributed by atoms with Crippen LogP contribution in [0.2, 0.25) is 0 Å². The second-order valence-electron chi connectivity index (χ2n) is 4.91. The van der Waals surface area contributed by atoms with Crippen LogP contribution in [0.4, 0.5) is 0 Å². The number of nitrogens with zero attached hydrogens (tertiary/aromatic N) is 1. The van der Waals surface area contributed by atoms with Gasteiger partial charge in [0.1, 0.15) is 0 Å². The molecule has 0 fully saturated rings. The molecule has 0 radical (unpaired) electrons. The van der Waals surface area contributed by atoms with E-state index in [1.54, 1.807) is 0 Å². The lowest BCUT2D eigenvalue weighted by molar-refractivity contribution is -0.131. The van der Waals surface area contributed by atoms with Crippen molar-refractivity contribution in [2.24, 2.45) is 0 Å². The molecule has 1 unspecified atom stereocenters. The number of hydrogen-bond acceptors (Lipinski definition) is 2. The van der Waals surface area contributed by atoms with Crippen LogP contribution >= 0.6 is 0 Å². The smallest absolute Gasteiger partial charge is 0.224 e. The molecule has 0 aliphatic rings. The van der Waals surface area contributed by atoms with Crippen LogP contribution in [0, 0.1) is 0 Å². The minimum Gasteiger partial charge on any atom is -0.339 e. The Morgan fingerprint density at radius 2 is 1.95 bits per heavy atom. The summed E-state index contributed by atoms with van der Waals surface area (Å²) in [6, 6.07) is 10.6. The summed E-state index contributed by atoms with van der Waals surface area (Å²) in [5.41, 5.74) is 1.19. The predicted octanol–water partition coefficient (Wildman–Crippen LogP) is 2.81. The Morgan fingerprint density at radius 1 is 1.26 bits per heavy atom. The molecular weight excluding hydrogens is 236 g/mol. The summed E-state index contributed by atoms with van der Waals surface area (Å²) in [6.07, 6.45) is 1.67. The van der Waals surface area contributed by atoms with Crippen LogP contribution in [-0.2, 0) is 11.3 Å². The zero-order valence-electron chi connectivity index (χ0n) is 12.4. The third-order valence-electron chi connectivity index (χ3n) is 3.39. The van der Waals surface area contributed by atoms with Gasteiger partial charge in [0, 0.05) is 32.1 Å². The Morgan fingerprint density at radius 3 is 2.53 bits per heavy atom. The van der Waals surface area contributed by atoms with Gasteiger partial charge in [0.05, 0.1) is 0 Å². The molecule has 1 N–H and O–H groups in total. The fraction of sp³-hybridized carbons (Fsp3) is 0.562. The Kier molecular flexibility index (Phi) is 7.19. The van der Waals surface area contributed by atoms with Gasteiger partial charge in [0.2, 0.25) is 5.91 Å². The van der Waals surface area contributed by atoms with E-state index in [4.69, 9.17) is 0 Å². The van der Waals surface area contributed by atoms with E-state index in [-0.39, 0.29) is 5.91 Å². The van der Waals surface area contributed by atoms with Crippen LogP contribution in [0.5, 0.6) is 0 Å². The largest absolute Gasteiger partial charge is 0.339 e. The van der Waals surface area contributed by atoms with E-state index in [1.807, 2.05) is 30.0 Å². The lowest BCUT2D eigenvalue weighted by Crippen LogP contribution is -2.34. The van der Waals surface area contributed by atoms with E-state index in [2.05, 4.69) is 31.3 Å². The first kappa shape index (κ1) is 15.7. The quantitative estimate of drug-likeness (QED) is 0.781. The first-order valence-electron chi connectivity index (χ1n) is 7.22. The van der Waals surface area contributed by atoms with E-state index >= 15 is 0 Å². The van der Waals surface area contributed by atoms with Crippen molar-refractivity contribution in [3.05, 3.63) is 35.9 Å². The van der Waals surface area contributed by atoms with Crippen molar-refractivity contribution in [3.63, 3.8) is 0 Å². The average molecular weight is 262 g/mol. The Labute approximate surface area is 117 Å². The maximum Gasteiger partial charge on any atom is 0.224 e. The highest BCUT2D eigenvalue weighted by Gasteiger charge is 2.11. The lowest BCUT2D eigenvalue weighted by atomic mass is 10.2. The number of carbonyl (C=O) groups excluding carboxylic acids is 1. The minimum absolute atomic E-state index is 0.224. The second-order valence-corrected chi connectivity index (χ2v) is 4.91. The normalized spacial score (nSPS) is 12.2. The molecule has 19 heavy (non-hydrogen) atoms. The monoisotopic (exact) mass is 262 g/mol. The average Bonchev–Trinajstić information content (AvgIpc) is 2.45. The van der Waals surface area contributed by atoms with Crippen LogP contribution in [0.1, 0.15) is 39.2 Å². The van der Waals surface area contributed by atoms with Crippen molar-refractivity contribution < 1.29 is 4.79 Å². The van der Waals surface area contributed by atoms with Gasteiger partial charge in [-0.3, -0.25) is 4.79 Å². The van der Waals surface area contributed by atoms with Crippen molar-refractivity contribution in [2.45, 2.75) is 46.2 Å². The van der Waals surface area contributed by atoms with Gasteiger partial charge in [-0.2, -0.15) is 0 Å². The van der Waals surface area contributed by atoms with E-state index in [1.165, 1.54) is 5.56 Å². The van der Waals surface area contributed by atoms with E-state index in [9.17, 15) is 4.79 Å².